The summed E-state index contributed by atoms with van der Waals surface area (Å²) >= 11 is 0. The summed E-state index contributed by atoms with van der Waals surface area (Å²) in [6, 6.07) is 0. The van der Waals surface area contributed by atoms with Crippen molar-refractivity contribution in [1.82, 2.24) is 0 Å². The van der Waals surface area contributed by atoms with Crippen LogP contribution in [0.15, 0.2) is 23.3 Å². The third kappa shape index (κ3) is 2.92. The molecule has 2 unspecified atom stereocenters. The molecule has 8 nitrogen and oxygen atoms in total. The number of hydrogen-bond acceptors (Lipinski definition) is 8. The lowest BCUT2D eigenvalue weighted by atomic mass is 9.45. The average Bonchev–Trinajstić information content (AvgIpc) is 3.55. The normalized spacial score (nSPS) is 56.1. The van der Waals surface area contributed by atoms with E-state index >= 15 is 0 Å². The van der Waals surface area contributed by atoms with Gasteiger partial charge in [0.15, 0.2) is 6.79 Å². The molecule has 0 radical (unpaired) electrons. The highest BCUT2D eigenvalue weighted by molar-refractivity contribution is 5.85. The summed E-state index contributed by atoms with van der Waals surface area (Å²) in [4.78, 5) is 11.8. The zero-order chi connectivity index (χ0) is 25.2. The third-order valence-electron chi connectivity index (χ3n) is 12.0. The van der Waals surface area contributed by atoms with Crippen LogP contribution in [0.5, 0.6) is 0 Å². The molecule has 8 aliphatic rings. The van der Waals surface area contributed by atoms with Crippen LogP contribution in [0, 0.1) is 28.6 Å². The van der Waals surface area contributed by atoms with Crippen molar-refractivity contribution in [2.24, 2.45) is 28.6 Å². The molecule has 0 aromatic carbocycles. The van der Waals surface area contributed by atoms with Gasteiger partial charge in [0.05, 0.1) is 18.3 Å². The molecular formula is C29H38O8. The van der Waals surface area contributed by atoms with Crippen molar-refractivity contribution < 1.29 is 38.3 Å². The Balaban J connectivity index is 1.10. The average molecular weight is 515 g/mol. The van der Waals surface area contributed by atoms with Gasteiger partial charge in [-0.2, -0.15) is 0 Å². The van der Waals surface area contributed by atoms with Crippen molar-refractivity contribution in [2.75, 3.05) is 20.0 Å². The molecule has 0 aromatic rings. The molecule has 202 valence electrons. The van der Waals surface area contributed by atoms with Crippen LogP contribution in [0.4, 0.5) is 0 Å². The van der Waals surface area contributed by atoms with Crippen LogP contribution in [-0.2, 0) is 33.2 Å². The summed E-state index contributed by atoms with van der Waals surface area (Å²) in [6.45, 7) is 5.83. The van der Waals surface area contributed by atoms with Gasteiger partial charge in [0.2, 0.25) is 12.1 Å². The maximum atomic E-state index is 12.5. The van der Waals surface area contributed by atoms with E-state index in [4.69, 9.17) is 28.4 Å². The Hall–Kier alpha value is -1.29. The minimum atomic E-state index is -0.980. The van der Waals surface area contributed by atoms with Crippen LogP contribution in [0.1, 0.15) is 65.2 Å². The molecule has 8 heteroatoms. The van der Waals surface area contributed by atoms with E-state index in [-0.39, 0.29) is 53.7 Å². The van der Waals surface area contributed by atoms with Gasteiger partial charge in [0.1, 0.15) is 18.8 Å². The molecule has 3 saturated carbocycles. The van der Waals surface area contributed by atoms with E-state index in [2.05, 4.69) is 19.9 Å². The minimum absolute atomic E-state index is 0.0672. The number of rotatable bonds is 1. The number of allylic oxidation sites excluding steroid dienone is 1. The number of fused-ring (bicyclic) bond motifs is 6. The molecule has 4 aliphatic heterocycles. The fraction of sp³-hybridized carbons (Fsp3) is 0.828. The highest BCUT2D eigenvalue weighted by atomic mass is 16.9. The SMILES string of the molecule is C[C@]12C[C@H]3O[C@@]45OCO[C@@H]4CCO[C@H]5O[C@@H]3C=C1CCC1C2CC[C@]2(C)[C@@H](C3=CC(=O)OC3)CC[C@]12O. The molecule has 6 fully saturated rings. The number of carbonyl (C=O) groups excluding carboxylic acids is 1. The quantitative estimate of drug-likeness (QED) is 0.421. The van der Waals surface area contributed by atoms with E-state index in [9.17, 15) is 9.90 Å². The van der Waals surface area contributed by atoms with Gasteiger partial charge >= 0.3 is 5.97 Å². The first kappa shape index (κ1) is 23.6. The number of ether oxygens (including phenoxy) is 6. The molecule has 0 aromatic heterocycles. The van der Waals surface area contributed by atoms with E-state index in [0.29, 0.717) is 19.1 Å². The number of cyclic esters (lactones) is 1. The van der Waals surface area contributed by atoms with Gasteiger partial charge < -0.3 is 33.5 Å². The standard InChI is InChI=1S/C29H38O8/c1-26-13-22-21(36-25-29(37-22)23(7-10-32-25)34-15-35-29)12-17(26)3-4-20-19(26)5-8-27(2)18(6-9-28(20,27)31)16-11-24(30)33-14-16/h11-12,18-23,25,31H,3-10,13-15H2,1-2H3/t18-,19?,20?,21-,22-,23-,25+,26+,27-,28+,29+/m1/s1. The maximum Gasteiger partial charge on any atom is 0.331 e. The molecule has 4 aliphatic carbocycles. The molecule has 8 rings (SSSR count). The van der Waals surface area contributed by atoms with Gasteiger partial charge in [0, 0.05) is 17.9 Å². The van der Waals surface area contributed by atoms with Crippen LogP contribution in [-0.4, -0.2) is 67.1 Å². The van der Waals surface area contributed by atoms with E-state index < -0.39 is 17.7 Å². The molecule has 1 N–H and O–H groups in total. The smallest absolute Gasteiger partial charge is 0.331 e. The first-order valence-electron chi connectivity index (χ1n) is 14.3. The Kier molecular flexibility index (Phi) is 4.89. The first-order valence-corrected chi connectivity index (χ1v) is 14.3. The predicted octanol–water partition coefficient (Wildman–Crippen LogP) is 3.37. The van der Waals surface area contributed by atoms with Gasteiger partial charge in [0.25, 0.3) is 0 Å². The molecule has 0 amide bonds. The van der Waals surface area contributed by atoms with Crippen LogP contribution < -0.4 is 0 Å². The Labute approximate surface area is 217 Å². The van der Waals surface area contributed by atoms with Crippen molar-refractivity contribution in [3.05, 3.63) is 23.3 Å². The zero-order valence-electron chi connectivity index (χ0n) is 21.8. The zero-order valence-corrected chi connectivity index (χ0v) is 21.8. The van der Waals surface area contributed by atoms with E-state index in [1.165, 1.54) is 5.57 Å². The van der Waals surface area contributed by atoms with E-state index in [0.717, 1.165) is 56.9 Å². The molecule has 37 heavy (non-hydrogen) atoms. The van der Waals surface area contributed by atoms with Gasteiger partial charge in [-0.3, -0.25) is 0 Å². The maximum absolute atomic E-state index is 12.5. The fourth-order valence-electron chi connectivity index (χ4n) is 10.1. The predicted molar refractivity (Wildman–Crippen MR) is 129 cm³/mol. The second-order valence-corrected chi connectivity index (χ2v) is 13.3. The third-order valence-corrected chi connectivity index (χ3v) is 12.0. The summed E-state index contributed by atoms with van der Waals surface area (Å²) in [5, 5.41) is 12.5. The molecule has 0 bridgehead atoms. The summed E-state index contributed by atoms with van der Waals surface area (Å²) in [5.41, 5.74) is 1.49. The number of hydrogen-bond donors (Lipinski definition) is 1. The second kappa shape index (κ2) is 7.67. The molecule has 11 atom stereocenters. The van der Waals surface area contributed by atoms with Crippen molar-refractivity contribution in [3.63, 3.8) is 0 Å². The lowest BCUT2D eigenvalue weighted by Gasteiger charge is -2.63. The molecular weight excluding hydrogens is 476 g/mol. The highest BCUT2D eigenvalue weighted by Gasteiger charge is 2.69. The number of carbonyl (C=O) groups is 1. The molecule has 1 spiro atoms. The van der Waals surface area contributed by atoms with E-state index in [1.54, 1.807) is 6.08 Å². The lowest BCUT2D eigenvalue weighted by Crippen LogP contribution is -2.67. The first-order chi connectivity index (χ1) is 17.8. The Morgan fingerprint density at radius 2 is 1.95 bits per heavy atom. The van der Waals surface area contributed by atoms with Gasteiger partial charge in [-0.15, -0.1) is 0 Å². The van der Waals surface area contributed by atoms with Crippen molar-refractivity contribution in [1.29, 1.82) is 0 Å². The van der Waals surface area contributed by atoms with Crippen LogP contribution in [0.25, 0.3) is 0 Å². The summed E-state index contributed by atoms with van der Waals surface area (Å²) in [7, 11) is 0. The topological polar surface area (TPSA) is 92.7 Å². The Bertz CT molecular complexity index is 1090. The largest absolute Gasteiger partial charge is 0.458 e. The minimum Gasteiger partial charge on any atom is -0.458 e. The van der Waals surface area contributed by atoms with Crippen molar-refractivity contribution in [2.45, 2.75) is 101 Å². The summed E-state index contributed by atoms with van der Waals surface area (Å²) in [6.07, 6.45) is 10.2. The number of esters is 1. The Morgan fingerprint density at radius 3 is 2.78 bits per heavy atom. The molecule has 4 heterocycles. The highest BCUT2D eigenvalue weighted by Crippen LogP contribution is 2.69. The summed E-state index contributed by atoms with van der Waals surface area (Å²) < 4.78 is 36.4. The van der Waals surface area contributed by atoms with Crippen LogP contribution in [0.3, 0.4) is 0 Å². The van der Waals surface area contributed by atoms with Crippen LogP contribution >= 0.6 is 0 Å². The molecule has 3 saturated heterocycles. The fourth-order valence-corrected chi connectivity index (χ4v) is 10.1. The summed E-state index contributed by atoms with van der Waals surface area (Å²) in [5.74, 6) is -0.414. The lowest BCUT2D eigenvalue weighted by molar-refractivity contribution is -0.421. The van der Waals surface area contributed by atoms with Gasteiger partial charge in [-0.1, -0.05) is 25.5 Å². The number of aliphatic hydroxyl groups is 1. The van der Waals surface area contributed by atoms with Gasteiger partial charge in [-0.05, 0) is 73.7 Å². The van der Waals surface area contributed by atoms with Crippen molar-refractivity contribution in [3.8, 4) is 0 Å². The van der Waals surface area contributed by atoms with Crippen molar-refractivity contribution >= 4 is 5.97 Å². The van der Waals surface area contributed by atoms with Gasteiger partial charge in [-0.25, -0.2) is 4.79 Å². The Morgan fingerprint density at radius 1 is 1.05 bits per heavy atom. The second-order valence-electron chi connectivity index (χ2n) is 13.3. The monoisotopic (exact) mass is 514 g/mol. The van der Waals surface area contributed by atoms with E-state index in [1.807, 2.05) is 0 Å². The van der Waals surface area contributed by atoms with Crippen LogP contribution in [0.2, 0.25) is 0 Å².